The molecule has 9 heteroatoms. The van der Waals surface area contributed by atoms with Gasteiger partial charge in [-0.05, 0) is 23.8 Å². The molecule has 160 valence electrons. The van der Waals surface area contributed by atoms with Crippen molar-refractivity contribution in [2.45, 2.75) is 25.8 Å². The quantitative estimate of drug-likeness (QED) is 0.726. The molecule has 1 aliphatic heterocycles. The molecule has 30 heavy (non-hydrogen) atoms. The van der Waals surface area contributed by atoms with E-state index < -0.39 is 10.0 Å². The maximum atomic E-state index is 12.6. The number of nitrogens with one attached hydrogen (secondary N) is 1. The lowest BCUT2D eigenvalue weighted by Gasteiger charge is -2.24. The van der Waals surface area contributed by atoms with Gasteiger partial charge in [-0.2, -0.15) is 5.10 Å². The summed E-state index contributed by atoms with van der Waals surface area (Å²) in [6, 6.07) is 12.1. The molecule has 1 amide bonds. The van der Waals surface area contributed by atoms with E-state index in [0.29, 0.717) is 30.0 Å². The summed E-state index contributed by atoms with van der Waals surface area (Å²) in [4.78, 5) is 12.6. The number of para-hydroxylation sites is 1. The fourth-order valence-electron chi connectivity index (χ4n) is 3.44. The molecular formula is C21H25N3O5S. The standard InChI is InChI=1S/C21H25N3O5S/c1-5-20(25)24-18(16-7-6-8-19(28-2)21(16)29-3)13-17(22-24)14-9-11-15(12-10-14)23-30(4,26)27/h6-12,18,23H,5,13H2,1-4H3/t18-/m0/s1. The molecule has 0 bridgehead atoms. The summed E-state index contributed by atoms with van der Waals surface area (Å²) in [5.74, 6) is 1.06. The fourth-order valence-corrected chi connectivity index (χ4v) is 4.00. The number of hydrazone groups is 1. The van der Waals surface area contributed by atoms with Crippen LogP contribution in [0.3, 0.4) is 0 Å². The highest BCUT2D eigenvalue weighted by atomic mass is 32.2. The zero-order valence-corrected chi connectivity index (χ0v) is 18.2. The normalized spacial score (nSPS) is 16.2. The van der Waals surface area contributed by atoms with Gasteiger partial charge in [-0.3, -0.25) is 9.52 Å². The molecule has 0 saturated carbocycles. The predicted molar refractivity (Wildman–Crippen MR) is 115 cm³/mol. The van der Waals surface area contributed by atoms with Crippen LogP contribution in [0.15, 0.2) is 47.6 Å². The number of sulfonamides is 1. The number of hydrogen-bond acceptors (Lipinski definition) is 6. The van der Waals surface area contributed by atoms with E-state index in [1.807, 2.05) is 12.1 Å². The van der Waals surface area contributed by atoms with Gasteiger partial charge in [-0.1, -0.05) is 31.2 Å². The summed E-state index contributed by atoms with van der Waals surface area (Å²) in [5, 5.41) is 6.08. The molecule has 0 aliphatic carbocycles. The molecule has 2 aromatic carbocycles. The minimum absolute atomic E-state index is 0.102. The maximum absolute atomic E-state index is 12.6. The van der Waals surface area contributed by atoms with Gasteiger partial charge in [0.05, 0.1) is 32.2 Å². The highest BCUT2D eigenvalue weighted by Crippen LogP contribution is 2.41. The SMILES string of the molecule is CCC(=O)N1N=C(c2ccc(NS(C)(=O)=O)cc2)C[C@H]1c1cccc(OC)c1OC. The van der Waals surface area contributed by atoms with Crippen LogP contribution in [-0.4, -0.2) is 45.5 Å². The Bertz CT molecular complexity index is 1060. The van der Waals surface area contributed by atoms with Gasteiger partial charge in [0, 0.05) is 24.1 Å². The largest absolute Gasteiger partial charge is 0.493 e. The van der Waals surface area contributed by atoms with Crippen molar-refractivity contribution in [3.8, 4) is 11.5 Å². The smallest absolute Gasteiger partial charge is 0.242 e. The molecule has 8 nitrogen and oxygen atoms in total. The summed E-state index contributed by atoms with van der Waals surface area (Å²) in [6.07, 6.45) is 1.91. The minimum atomic E-state index is -3.35. The molecule has 0 saturated heterocycles. The van der Waals surface area contributed by atoms with Gasteiger partial charge in [0.1, 0.15) is 0 Å². The van der Waals surface area contributed by atoms with Crippen molar-refractivity contribution in [1.82, 2.24) is 5.01 Å². The van der Waals surface area contributed by atoms with Crippen LogP contribution in [0, 0.1) is 0 Å². The Hall–Kier alpha value is -3.07. The van der Waals surface area contributed by atoms with Crippen molar-refractivity contribution >= 4 is 27.3 Å². The van der Waals surface area contributed by atoms with Crippen LogP contribution >= 0.6 is 0 Å². The Morgan fingerprint density at radius 1 is 1.17 bits per heavy atom. The van der Waals surface area contributed by atoms with E-state index in [2.05, 4.69) is 9.82 Å². The zero-order valence-electron chi connectivity index (χ0n) is 17.4. The number of carbonyl (C=O) groups is 1. The molecule has 1 atom stereocenters. The van der Waals surface area contributed by atoms with Gasteiger partial charge in [0.25, 0.3) is 0 Å². The van der Waals surface area contributed by atoms with Crippen LogP contribution in [-0.2, 0) is 14.8 Å². The third kappa shape index (κ3) is 4.56. The second-order valence-electron chi connectivity index (χ2n) is 6.89. The van der Waals surface area contributed by atoms with Crippen LogP contribution in [0.25, 0.3) is 0 Å². The number of benzene rings is 2. The third-order valence-electron chi connectivity index (χ3n) is 4.78. The van der Waals surface area contributed by atoms with Gasteiger partial charge >= 0.3 is 0 Å². The molecule has 0 fully saturated rings. The molecule has 0 aromatic heterocycles. The molecular weight excluding hydrogens is 406 g/mol. The number of methoxy groups -OCH3 is 2. The van der Waals surface area contributed by atoms with E-state index in [-0.39, 0.29) is 11.9 Å². The topological polar surface area (TPSA) is 97.3 Å². The van der Waals surface area contributed by atoms with Crippen LogP contribution in [0.5, 0.6) is 11.5 Å². The second-order valence-corrected chi connectivity index (χ2v) is 8.64. The predicted octanol–water partition coefficient (Wildman–Crippen LogP) is 3.16. The molecule has 2 aromatic rings. The van der Waals surface area contributed by atoms with Crippen LogP contribution < -0.4 is 14.2 Å². The average Bonchev–Trinajstić information content (AvgIpc) is 3.17. The first kappa shape index (κ1) is 21.6. The molecule has 1 aliphatic rings. The molecule has 0 spiro atoms. The van der Waals surface area contributed by atoms with Crippen LogP contribution in [0.2, 0.25) is 0 Å². The maximum Gasteiger partial charge on any atom is 0.242 e. The summed E-state index contributed by atoms with van der Waals surface area (Å²) < 4.78 is 36.2. The van der Waals surface area contributed by atoms with Crippen molar-refractivity contribution in [3.63, 3.8) is 0 Å². The van der Waals surface area contributed by atoms with Crippen molar-refractivity contribution in [2.75, 3.05) is 25.2 Å². The first-order chi connectivity index (χ1) is 14.3. The molecule has 0 radical (unpaired) electrons. The Balaban J connectivity index is 1.95. The van der Waals surface area contributed by atoms with Crippen molar-refractivity contribution in [3.05, 3.63) is 53.6 Å². The van der Waals surface area contributed by atoms with Gasteiger partial charge in [0.15, 0.2) is 11.5 Å². The zero-order chi connectivity index (χ0) is 21.9. The number of anilines is 1. The lowest BCUT2D eigenvalue weighted by Crippen LogP contribution is -2.26. The minimum Gasteiger partial charge on any atom is -0.493 e. The van der Waals surface area contributed by atoms with Crippen LogP contribution in [0.4, 0.5) is 5.69 Å². The second kappa shape index (κ2) is 8.74. The molecule has 0 unspecified atom stereocenters. The summed E-state index contributed by atoms with van der Waals surface area (Å²) in [6.45, 7) is 1.79. The van der Waals surface area contributed by atoms with Crippen LogP contribution in [0.1, 0.15) is 36.9 Å². The number of carbonyl (C=O) groups excluding carboxylic acids is 1. The Labute approximate surface area is 176 Å². The summed E-state index contributed by atoms with van der Waals surface area (Å²) in [5.41, 5.74) is 2.82. The number of amides is 1. The highest BCUT2D eigenvalue weighted by molar-refractivity contribution is 7.92. The monoisotopic (exact) mass is 431 g/mol. The average molecular weight is 432 g/mol. The van der Waals surface area contributed by atoms with Crippen molar-refractivity contribution < 1.29 is 22.7 Å². The van der Waals surface area contributed by atoms with Gasteiger partial charge in [0.2, 0.25) is 15.9 Å². The van der Waals surface area contributed by atoms with E-state index in [9.17, 15) is 13.2 Å². The Kier molecular flexibility index (Phi) is 6.31. The van der Waals surface area contributed by atoms with E-state index in [1.54, 1.807) is 51.5 Å². The van der Waals surface area contributed by atoms with Gasteiger partial charge in [-0.25, -0.2) is 13.4 Å². The van der Waals surface area contributed by atoms with Gasteiger partial charge in [-0.15, -0.1) is 0 Å². The number of nitrogens with zero attached hydrogens (tertiary/aromatic N) is 2. The Morgan fingerprint density at radius 2 is 1.87 bits per heavy atom. The first-order valence-corrected chi connectivity index (χ1v) is 11.3. The number of ether oxygens (including phenoxy) is 2. The lowest BCUT2D eigenvalue weighted by atomic mass is 9.97. The molecule has 1 N–H and O–H groups in total. The first-order valence-electron chi connectivity index (χ1n) is 9.46. The van der Waals surface area contributed by atoms with E-state index in [4.69, 9.17) is 9.47 Å². The van der Waals surface area contributed by atoms with E-state index in [1.165, 1.54) is 5.01 Å². The van der Waals surface area contributed by atoms with Gasteiger partial charge < -0.3 is 9.47 Å². The molecule has 3 rings (SSSR count). The lowest BCUT2D eigenvalue weighted by molar-refractivity contribution is -0.132. The Morgan fingerprint density at radius 3 is 2.43 bits per heavy atom. The highest BCUT2D eigenvalue weighted by Gasteiger charge is 2.34. The van der Waals surface area contributed by atoms with E-state index in [0.717, 1.165) is 23.1 Å². The number of hydrogen-bond donors (Lipinski definition) is 1. The number of rotatable bonds is 7. The summed E-state index contributed by atoms with van der Waals surface area (Å²) >= 11 is 0. The van der Waals surface area contributed by atoms with Crippen molar-refractivity contribution in [2.24, 2.45) is 5.10 Å². The summed E-state index contributed by atoms with van der Waals surface area (Å²) in [7, 11) is -0.215. The third-order valence-corrected chi connectivity index (χ3v) is 5.39. The van der Waals surface area contributed by atoms with E-state index >= 15 is 0 Å². The molecule has 1 heterocycles. The fraction of sp³-hybridized carbons (Fsp3) is 0.333. The van der Waals surface area contributed by atoms with Crippen molar-refractivity contribution in [1.29, 1.82) is 0 Å².